The zero-order chi connectivity index (χ0) is 11.6. The minimum Gasteiger partial charge on any atom is -0.481 e. The van der Waals surface area contributed by atoms with Crippen molar-refractivity contribution in [2.24, 2.45) is 0 Å². The van der Waals surface area contributed by atoms with Crippen molar-refractivity contribution in [2.45, 2.75) is 12.8 Å². The highest BCUT2D eigenvalue weighted by Crippen LogP contribution is 2.26. The Morgan fingerprint density at radius 1 is 1.67 bits per heavy atom. The summed E-state index contributed by atoms with van der Waals surface area (Å²) in [4.78, 5) is 14.0. The molecule has 0 saturated heterocycles. The van der Waals surface area contributed by atoms with Crippen LogP contribution in [0.15, 0.2) is 6.07 Å². The summed E-state index contributed by atoms with van der Waals surface area (Å²) in [6.45, 7) is 0. The van der Waals surface area contributed by atoms with Gasteiger partial charge in [0.1, 0.15) is 5.69 Å². The lowest BCUT2D eigenvalue weighted by atomic mass is 10.2. The van der Waals surface area contributed by atoms with E-state index in [0.717, 1.165) is 0 Å². The van der Waals surface area contributed by atoms with Gasteiger partial charge >= 0.3 is 5.97 Å². The Morgan fingerprint density at radius 3 is 2.73 bits per heavy atom. The fourth-order valence-electron chi connectivity index (χ4n) is 0.999. The number of anilines is 1. The molecule has 0 fully saturated rings. The minimum absolute atomic E-state index is 0.104. The lowest BCUT2D eigenvalue weighted by Gasteiger charge is -2.07. The van der Waals surface area contributed by atoms with Crippen LogP contribution in [0.3, 0.4) is 0 Å². The molecule has 0 spiro atoms. The number of halogens is 3. The number of nitrogens with two attached hydrogens (primary N) is 1. The third kappa shape index (κ3) is 2.98. The number of nitrogens with zero attached hydrogens (tertiary/aromatic N) is 1. The maximum Gasteiger partial charge on any atom is 0.309 e. The predicted octanol–water partition coefficient (Wildman–Crippen LogP) is 1.83. The maximum atomic E-state index is 12.4. The Hall–Kier alpha value is -0.990. The molecule has 7 heteroatoms. The molecular formula is C8H7F2IN2O2. The molecule has 0 aliphatic carbocycles. The third-order valence-corrected chi connectivity index (χ3v) is 2.57. The Kier molecular flexibility index (Phi) is 3.77. The number of pyridine rings is 1. The van der Waals surface area contributed by atoms with Gasteiger partial charge in [-0.25, -0.2) is 13.8 Å². The molecule has 0 bridgehead atoms. The lowest BCUT2D eigenvalue weighted by molar-refractivity contribution is -0.136. The van der Waals surface area contributed by atoms with E-state index >= 15 is 0 Å². The van der Waals surface area contributed by atoms with Gasteiger partial charge in [0.15, 0.2) is 0 Å². The molecule has 0 amide bonds. The fraction of sp³-hybridized carbons (Fsp3) is 0.250. The van der Waals surface area contributed by atoms with Gasteiger partial charge in [0.2, 0.25) is 0 Å². The van der Waals surface area contributed by atoms with Crippen LogP contribution in [0, 0.1) is 3.57 Å². The maximum absolute atomic E-state index is 12.4. The van der Waals surface area contributed by atoms with Crippen molar-refractivity contribution in [1.82, 2.24) is 4.98 Å². The average molecular weight is 328 g/mol. The zero-order valence-corrected chi connectivity index (χ0v) is 9.53. The van der Waals surface area contributed by atoms with E-state index in [1.807, 2.05) is 22.6 Å². The van der Waals surface area contributed by atoms with Gasteiger partial charge < -0.3 is 10.8 Å². The number of aliphatic carboxylic acids is 1. The van der Waals surface area contributed by atoms with Gasteiger partial charge in [-0.05, 0) is 28.7 Å². The number of carboxylic acids is 1. The minimum atomic E-state index is -2.80. The Morgan fingerprint density at radius 2 is 2.27 bits per heavy atom. The molecule has 4 nitrogen and oxygen atoms in total. The quantitative estimate of drug-likeness (QED) is 0.830. The van der Waals surface area contributed by atoms with Gasteiger partial charge in [-0.3, -0.25) is 4.79 Å². The normalized spacial score (nSPS) is 10.7. The van der Waals surface area contributed by atoms with Gasteiger partial charge in [0.25, 0.3) is 6.43 Å². The first-order chi connectivity index (χ1) is 6.91. The highest BCUT2D eigenvalue weighted by atomic mass is 127. The second-order valence-corrected chi connectivity index (χ2v) is 3.92. The Balaban J connectivity index is 3.17. The highest BCUT2D eigenvalue weighted by molar-refractivity contribution is 14.1. The van der Waals surface area contributed by atoms with Crippen molar-refractivity contribution in [3.8, 4) is 0 Å². The highest BCUT2D eigenvalue weighted by Gasteiger charge is 2.17. The number of aromatic nitrogens is 1. The topological polar surface area (TPSA) is 76.2 Å². The second-order valence-electron chi connectivity index (χ2n) is 2.76. The molecule has 0 aromatic carbocycles. The number of hydrogen-bond acceptors (Lipinski definition) is 3. The number of carboxylic acid groups (broad SMARTS) is 1. The van der Waals surface area contributed by atoms with Crippen molar-refractivity contribution >= 4 is 34.2 Å². The van der Waals surface area contributed by atoms with Gasteiger partial charge in [-0.2, -0.15) is 0 Å². The average Bonchev–Trinajstić information content (AvgIpc) is 2.08. The molecule has 1 heterocycles. The van der Waals surface area contributed by atoms with E-state index in [1.165, 1.54) is 6.07 Å². The van der Waals surface area contributed by atoms with Crippen molar-refractivity contribution in [1.29, 1.82) is 0 Å². The molecule has 1 aromatic rings. The molecule has 0 aliphatic heterocycles. The first-order valence-electron chi connectivity index (χ1n) is 3.86. The summed E-state index contributed by atoms with van der Waals surface area (Å²) in [5.74, 6) is -1.12. The van der Waals surface area contributed by atoms with Crippen LogP contribution in [0.1, 0.15) is 17.8 Å². The van der Waals surface area contributed by atoms with Crippen LogP contribution in [0.25, 0.3) is 0 Å². The summed E-state index contributed by atoms with van der Waals surface area (Å²) in [7, 11) is 0. The summed E-state index contributed by atoms with van der Waals surface area (Å²) >= 11 is 1.81. The molecule has 15 heavy (non-hydrogen) atoms. The van der Waals surface area contributed by atoms with Crippen LogP contribution in [0.5, 0.6) is 0 Å². The van der Waals surface area contributed by atoms with Crippen LogP contribution >= 0.6 is 22.6 Å². The standard InChI is InChI=1S/C8H7F2IN2O2/c9-8(10)7-4(12)1-3(11)5(13-7)2-6(14)15/h1,8H,2,12H2,(H,14,15). The van der Waals surface area contributed by atoms with Gasteiger partial charge in [-0.15, -0.1) is 0 Å². The first-order valence-corrected chi connectivity index (χ1v) is 4.94. The molecular weight excluding hydrogens is 321 g/mol. The molecule has 3 N–H and O–H groups in total. The summed E-state index contributed by atoms with van der Waals surface area (Å²) in [5, 5.41) is 8.53. The van der Waals surface area contributed by atoms with Crippen LogP contribution in [-0.2, 0) is 11.2 Å². The summed E-state index contributed by atoms with van der Waals surface area (Å²) < 4.78 is 25.2. The van der Waals surface area contributed by atoms with E-state index in [1.54, 1.807) is 0 Å². The molecule has 1 aromatic heterocycles. The lowest BCUT2D eigenvalue weighted by Crippen LogP contribution is -2.09. The largest absolute Gasteiger partial charge is 0.481 e. The number of alkyl halides is 2. The SMILES string of the molecule is Nc1cc(I)c(CC(=O)O)nc1C(F)F. The van der Waals surface area contributed by atoms with Crippen LogP contribution in [0.2, 0.25) is 0 Å². The summed E-state index contributed by atoms with van der Waals surface area (Å²) in [5.41, 5.74) is 4.75. The molecule has 0 atom stereocenters. The van der Waals surface area contributed by atoms with Crippen molar-refractivity contribution < 1.29 is 18.7 Å². The van der Waals surface area contributed by atoms with Gasteiger partial charge in [-0.1, -0.05) is 0 Å². The van der Waals surface area contributed by atoms with Crippen LogP contribution in [0.4, 0.5) is 14.5 Å². The third-order valence-electron chi connectivity index (χ3n) is 1.63. The fourth-order valence-corrected chi connectivity index (χ4v) is 1.65. The Bertz CT molecular complexity index is 398. The molecule has 0 radical (unpaired) electrons. The predicted molar refractivity (Wildman–Crippen MR) is 57.7 cm³/mol. The van der Waals surface area contributed by atoms with Gasteiger partial charge in [0, 0.05) is 3.57 Å². The van der Waals surface area contributed by atoms with Crippen molar-refractivity contribution in [2.75, 3.05) is 5.73 Å². The molecule has 1 rings (SSSR count). The summed E-state index contributed by atoms with van der Waals surface area (Å²) in [6.07, 6.45) is -3.19. The van der Waals surface area contributed by atoms with E-state index in [2.05, 4.69) is 4.98 Å². The van der Waals surface area contributed by atoms with Crippen LogP contribution < -0.4 is 5.73 Å². The number of rotatable bonds is 3. The van der Waals surface area contributed by atoms with E-state index in [-0.39, 0.29) is 11.4 Å². The number of hydrogen-bond donors (Lipinski definition) is 2. The second kappa shape index (κ2) is 4.69. The molecule has 0 aliphatic rings. The molecule has 0 unspecified atom stereocenters. The van der Waals surface area contributed by atoms with Crippen molar-refractivity contribution in [3.63, 3.8) is 0 Å². The monoisotopic (exact) mass is 328 g/mol. The number of carbonyl (C=O) groups is 1. The smallest absolute Gasteiger partial charge is 0.309 e. The van der Waals surface area contributed by atoms with E-state index in [4.69, 9.17) is 10.8 Å². The first kappa shape index (κ1) is 12.1. The molecule has 0 saturated carbocycles. The van der Waals surface area contributed by atoms with E-state index in [0.29, 0.717) is 3.57 Å². The van der Waals surface area contributed by atoms with E-state index < -0.39 is 24.5 Å². The number of nitrogen functional groups attached to an aromatic ring is 1. The van der Waals surface area contributed by atoms with E-state index in [9.17, 15) is 13.6 Å². The Labute approximate surface area is 97.6 Å². The molecule has 82 valence electrons. The van der Waals surface area contributed by atoms with Gasteiger partial charge in [0.05, 0.1) is 17.8 Å². The summed E-state index contributed by atoms with van der Waals surface area (Å²) in [6, 6.07) is 1.30. The van der Waals surface area contributed by atoms with Crippen LogP contribution in [-0.4, -0.2) is 16.1 Å². The zero-order valence-electron chi connectivity index (χ0n) is 7.38. The van der Waals surface area contributed by atoms with Crippen molar-refractivity contribution in [3.05, 3.63) is 21.0 Å².